The number of hydrogen-bond donors (Lipinski definition) is 1. The van der Waals surface area contributed by atoms with Crippen molar-refractivity contribution >= 4 is 5.82 Å². The molecule has 0 aliphatic rings. The summed E-state index contributed by atoms with van der Waals surface area (Å²) in [7, 11) is 0. The Morgan fingerprint density at radius 3 is 2.33 bits per heavy atom. The molecule has 3 nitrogen and oxygen atoms in total. The Labute approximate surface area is 121 Å². The van der Waals surface area contributed by atoms with E-state index in [1.54, 1.807) is 6.92 Å². The van der Waals surface area contributed by atoms with Gasteiger partial charge in [0, 0.05) is 18.3 Å². The van der Waals surface area contributed by atoms with Crippen LogP contribution in [0.15, 0.2) is 18.2 Å². The van der Waals surface area contributed by atoms with E-state index in [-0.39, 0.29) is 0 Å². The lowest BCUT2D eigenvalue weighted by atomic mass is 10.1. The van der Waals surface area contributed by atoms with E-state index < -0.39 is 17.5 Å². The highest BCUT2D eigenvalue weighted by Gasteiger charge is 2.10. The second-order valence-electron chi connectivity index (χ2n) is 4.70. The van der Waals surface area contributed by atoms with Crippen LogP contribution in [0.4, 0.5) is 19.0 Å². The molecule has 1 heterocycles. The number of halogens is 3. The summed E-state index contributed by atoms with van der Waals surface area (Å²) in [5, 5.41) is 3.07. The summed E-state index contributed by atoms with van der Waals surface area (Å²) in [6.45, 7) is 4.23. The Balaban J connectivity index is 2.00. The lowest BCUT2D eigenvalue weighted by Crippen LogP contribution is -2.09. The summed E-state index contributed by atoms with van der Waals surface area (Å²) in [4.78, 5) is 8.49. The Hall–Kier alpha value is -2.11. The molecule has 0 unspecified atom stereocenters. The topological polar surface area (TPSA) is 37.8 Å². The minimum Gasteiger partial charge on any atom is -0.370 e. The van der Waals surface area contributed by atoms with E-state index in [1.807, 2.05) is 13.0 Å². The Morgan fingerprint density at radius 2 is 1.71 bits per heavy atom. The smallest absolute Gasteiger partial charge is 0.194 e. The molecule has 0 saturated heterocycles. The molecule has 0 aliphatic carbocycles. The molecule has 0 aliphatic heterocycles. The summed E-state index contributed by atoms with van der Waals surface area (Å²) in [5.41, 5.74) is 1.31. The van der Waals surface area contributed by atoms with Crippen LogP contribution in [0, 0.1) is 24.4 Å². The van der Waals surface area contributed by atoms with Crippen LogP contribution in [0.25, 0.3) is 0 Å². The zero-order valence-corrected chi connectivity index (χ0v) is 11.9. The van der Waals surface area contributed by atoms with E-state index >= 15 is 0 Å². The fourth-order valence-electron chi connectivity index (χ4n) is 1.99. The van der Waals surface area contributed by atoms with Gasteiger partial charge in [-0.2, -0.15) is 0 Å². The molecule has 0 saturated carbocycles. The molecular formula is C15H16F3N3. The maximum Gasteiger partial charge on any atom is 0.194 e. The van der Waals surface area contributed by atoms with Crippen LogP contribution >= 0.6 is 0 Å². The minimum atomic E-state index is -1.44. The molecule has 6 heteroatoms. The third-order valence-corrected chi connectivity index (χ3v) is 3.02. The summed E-state index contributed by atoms with van der Waals surface area (Å²) in [6, 6.07) is 3.84. The normalized spacial score (nSPS) is 10.7. The molecule has 2 aromatic rings. The van der Waals surface area contributed by atoms with Gasteiger partial charge in [-0.3, -0.25) is 0 Å². The number of anilines is 1. The van der Waals surface area contributed by atoms with Crippen molar-refractivity contribution in [3.63, 3.8) is 0 Å². The molecule has 0 bridgehead atoms. The van der Waals surface area contributed by atoms with Crippen molar-refractivity contribution in [3.8, 4) is 0 Å². The second kappa shape index (κ2) is 6.56. The first-order chi connectivity index (χ1) is 9.99. The SMILES string of the molecule is CCc1cc(NCCc2cc(F)c(F)c(F)c2)nc(C)n1. The van der Waals surface area contributed by atoms with Crippen molar-refractivity contribution in [1.82, 2.24) is 9.97 Å². The molecule has 2 rings (SSSR count). The van der Waals surface area contributed by atoms with E-state index in [4.69, 9.17) is 0 Å². The molecule has 21 heavy (non-hydrogen) atoms. The van der Waals surface area contributed by atoms with E-state index in [0.29, 0.717) is 30.2 Å². The fraction of sp³-hybridized carbons (Fsp3) is 0.333. The number of nitrogens with zero attached hydrogens (tertiary/aromatic N) is 2. The molecule has 0 fully saturated rings. The number of nitrogens with one attached hydrogen (secondary N) is 1. The maximum absolute atomic E-state index is 13.1. The minimum absolute atomic E-state index is 0.360. The zero-order chi connectivity index (χ0) is 15.4. The highest BCUT2D eigenvalue weighted by Crippen LogP contribution is 2.14. The number of aryl methyl sites for hydroxylation is 2. The van der Waals surface area contributed by atoms with Crippen LogP contribution < -0.4 is 5.32 Å². The molecule has 1 aromatic carbocycles. The average Bonchev–Trinajstić information content (AvgIpc) is 2.44. The highest BCUT2D eigenvalue weighted by molar-refractivity contribution is 5.36. The van der Waals surface area contributed by atoms with Gasteiger partial charge in [0.1, 0.15) is 11.6 Å². The van der Waals surface area contributed by atoms with Gasteiger partial charge in [0.05, 0.1) is 0 Å². The monoisotopic (exact) mass is 295 g/mol. The number of benzene rings is 1. The fourth-order valence-corrected chi connectivity index (χ4v) is 1.99. The maximum atomic E-state index is 13.1. The number of hydrogen-bond acceptors (Lipinski definition) is 3. The van der Waals surface area contributed by atoms with Gasteiger partial charge in [0.2, 0.25) is 0 Å². The molecule has 0 atom stereocenters. The van der Waals surface area contributed by atoms with E-state index in [2.05, 4.69) is 15.3 Å². The van der Waals surface area contributed by atoms with Crippen LogP contribution in [-0.4, -0.2) is 16.5 Å². The molecule has 1 aromatic heterocycles. The molecular weight excluding hydrogens is 279 g/mol. The summed E-state index contributed by atoms with van der Waals surface area (Å²) < 4.78 is 39.0. The van der Waals surface area contributed by atoms with Crippen molar-refractivity contribution in [2.45, 2.75) is 26.7 Å². The molecule has 0 radical (unpaired) electrons. The van der Waals surface area contributed by atoms with Crippen LogP contribution in [0.5, 0.6) is 0 Å². The third-order valence-electron chi connectivity index (χ3n) is 3.02. The van der Waals surface area contributed by atoms with Crippen molar-refractivity contribution in [2.24, 2.45) is 0 Å². The predicted octanol–water partition coefficient (Wildman–Crippen LogP) is 3.42. The molecule has 0 amide bonds. The average molecular weight is 295 g/mol. The predicted molar refractivity (Wildman–Crippen MR) is 74.7 cm³/mol. The van der Waals surface area contributed by atoms with E-state index in [1.165, 1.54) is 0 Å². The Kier molecular flexibility index (Phi) is 4.77. The first-order valence-corrected chi connectivity index (χ1v) is 6.71. The summed E-state index contributed by atoms with van der Waals surface area (Å²) >= 11 is 0. The molecule has 1 N–H and O–H groups in total. The van der Waals surface area contributed by atoms with Crippen molar-refractivity contribution in [3.05, 3.63) is 52.7 Å². The van der Waals surface area contributed by atoms with Gasteiger partial charge in [-0.1, -0.05) is 6.92 Å². The van der Waals surface area contributed by atoms with Crippen LogP contribution in [0.3, 0.4) is 0 Å². The van der Waals surface area contributed by atoms with Crippen molar-refractivity contribution in [1.29, 1.82) is 0 Å². The van der Waals surface area contributed by atoms with Gasteiger partial charge in [0.15, 0.2) is 17.5 Å². The van der Waals surface area contributed by atoms with Gasteiger partial charge in [0.25, 0.3) is 0 Å². The van der Waals surface area contributed by atoms with Crippen LogP contribution in [0.2, 0.25) is 0 Å². The van der Waals surface area contributed by atoms with Gasteiger partial charge in [-0.05, 0) is 37.5 Å². The zero-order valence-electron chi connectivity index (χ0n) is 11.9. The number of aromatic nitrogens is 2. The lowest BCUT2D eigenvalue weighted by Gasteiger charge is -2.08. The summed E-state index contributed by atoms with van der Waals surface area (Å²) in [5.74, 6) is -2.45. The van der Waals surface area contributed by atoms with Crippen molar-refractivity contribution in [2.75, 3.05) is 11.9 Å². The first kappa shape index (κ1) is 15.3. The van der Waals surface area contributed by atoms with Gasteiger partial charge >= 0.3 is 0 Å². The van der Waals surface area contributed by atoms with E-state index in [0.717, 1.165) is 24.2 Å². The van der Waals surface area contributed by atoms with Crippen LogP contribution in [0.1, 0.15) is 24.0 Å². The van der Waals surface area contributed by atoms with Gasteiger partial charge in [-0.25, -0.2) is 23.1 Å². The quantitative estimate of drug-likeness (QED) is 0.859. The highest BCUT2D eigenvalue weighted by atomic mass is 19.2. The Morgan fingerprint density at radius 1 is 1.05 bits per heavy atom. The third kappa shape index (κ3) is 3.93. The summed E-state index contributed by atoms with van der Waals surface area (Å²) in [6.07, 6.45) is 1.16. The lowest BCUT2D eigenvalue weighted by molar-refractivity contribution is 0.445. The van der Waals surface area contributed by atoms with Crippen molar-refractivity contribution < 1.29 is 13.2 Å². The van der Waals surface area contributed by atoms with Gasteiger partial charge in [-0.15, -0.1) is 0 Å². The van der Waals surface area contributed by atoms with E-state index in [9.17, 15) is 13.2 Å². The number of rotatable bonds is 5. The first-order valence-electron chi connectivity index (χ1n) is 6.71. The van der Waals surface area contributed by atoms with Gasteiger partial charge < -0.3 is 5.32 Å². The largest absolute Gasteiger partial charge is 0.370 e. The standard InChI is InChI=1S/C15H16F3N3/c1-3-11-8-14(21-9(2)20-11)19-5-4-10-6-12(16)15(18)13(17)7-10/h6-8H,3-5H2,1-2H3,(H,19,20,21). The molecule has 0 spiro atoms. The van der Waals surface area contributed by atoms with Crippen LogP contribution in [-0.2, 0) is 12.8 Å². The Bertz CT molecular complexity index is 621. The molecule has 112 valence electrons. The second-order valence-corrected chi connectivity index (χ2v) is 4.70.